The van der Waals surface area contributed by atoms with Gasteiger partial charge in [0.15, 0.2) is 0 Å². The first-order valence-electron chi connectivity index (χ1n) is 18.8. The number of amides is 1. The Hall–Kier alpha value is -5.44. The van der Waals surface area contributed by atoms with Gasteiger partial charge in [0.1, 0.15) is 24.2 Å². The van der Waals surface area contributed by atoms with Crippen molar-refractivity contribution in [3.8, 4) is 11.5 Å². The molecule has 7 rings (SSSR count). The number of H-pyrrole nitrogens is 1. The van der Waals surface area contributed by atoms with Crippen LogP contribution in [0.4, 0.5) is 10.5 Å². The fraction of sp³-hybridized carbons (Fsp3) is 0.326. The second kappa shape index (κ2) is 17.4. The maximum Gasteiger partial charge on any atom is 0.411 e. The number of likely N-dealkylation sites (tertiary alicyclic amines) is 1. The maximum atomic E-state index is 13.6. The van der Waals surface area contributed by atoms with E-state index in [1.807, 2.05) is 12.1 Å². The van der Waals surface area contributed by atoms with Gasteiger partial charge >= 0.3 is 12.1 Å². The molecule has 1 unspecified atom stereocenters. The molecule has 6 N–H and O–H groups in total. The molecule has 4 aromatic carbocycles. The number of aromatic nitrogens is 1. The van der Waals surface area contributed by atoms with Crippen LogP contribution >= 0.6 is 11.6 Å². The number of pyridine rings is 1. The number of carbonyl (C=O) groups excluding carboxylic acids is 2. The third-order valence-corrected chi connectivity index (χ3v) is 11.2. The number of rotatable bonds is 14. The number of carbonyl (C=O) groups is 2. The zero-order chi connectivity index (χ0) is 40.1. The van der Waals surface area contributed by atoms with E-state index in [4.69, 9.17) is 25.8 Å². The van der Waals surface area contributed by atoms with E-state index in [1.54, 1.807) is 72.8 Å². The topological polar surface area (TPSA) is 183 Å². The summed E-state index contributed by atoms with van der Waals surface area (Å²) in [6.45, 7) is 2.70. The summed E-state index contributed by atoms with van der Waals surface area (Å²) in [5.41, 5.74) is 0.425. The van der Waals surface area contributed by atoms with Crippen molar-refractivity contribution in [2.75, 3.05) is 45.2 Å². The SMILES string of the molecule is COc1cc(NC(=O)OCCN2C[C@H]3CC(OC(=O)C(O)(c4ccccc4)c4ccccc4)C[C@H]3C2)c(Cl)cc1CNC[C@H](O)c1ccc(O)c2[nH]c(=O)ccc12. The number of phenols is 1. The van der Waals surface area contributed by atoms with Crippen LogP contribution in [0.5, 0.6) is 11.5 Å². The molecule has 1 aromatic heterocycles. The highest BCUT2D eigenvalue weighted by Crippen LogP contribution is 2.41. The molecule has 2 aliphatic rings. The number of aliphatic hydroxyl groups is 2. The number of nitrogens with zero attached hydrogens (tertiary/aromatic N) is 1. The highest BCUT2D eigenvalue weighted by atomic mass is 35.5. The standard InChI is InChI=1S/C43H45ClN4O9/c1-55-38-21-35(34(44)20-26(38)22-45-23-37(50)32-12-14-36(49)40-33(32)13-15-39(51)47-40)46-42(53)56-17-16-48-24-27-18-31(19-28(27)25-48)57-41(52)43(54,29-8-4-2-5-9-29)30-10-6-3-7-11-30/h2-15,20-21,27-28,31,37,45,49-50,54H,16-19,22-25H2,1H3,(H,46,53)(H,47,51)/t27-,28+,31?,37-/m0/s1. The Balaban J connectivity index is 0.859. The van der Waals surface area contributed by atoms with Crippen LogP contribution in [0.15, 0.2) is 102 Å². The van der Waals surface area contributed by atoms with Gasteiger partial charge in [0.2, 0.25) is 11.2 Å². The van der Waals surface area contributed by atoms with E-state index in [9.17, 15) is 29.7 Å². The van der Waals surface area contributed by atoms with Gasteiger partial charge in [-0.15, -0.1) is 0 Å². The summed E-state index contributed by atoms with van der Waals surface area (Å²) < 4.78 is 17.0. The third-order valence-electron chi connectivity index (χ3n) is 10.9. The molecule has 5 aromatic rings. The number of esters is 1. The Morgan fingerprint density at radius 1 is 0.965 bits per heavy atom. The number of hydrogen-bond acceptors (Lipinski definition) is 11. The van der Waals surface area contributed by atoms with Gasteiger partial charge < -0.3 is 39.8 Å². The van der Waals surface area contributed by atoms with Crippen molar-refractivity contribution in [2.45, 2.75) is 37.2 Å². The molecule has 1 amide bonds. The molecular formula is C43H45ClN4O9. The minimum atomic E-state index is -1.92. The number of anilines is 1. The van der Waals surface area contributed by atoms with Crippen LogP contribution in [0, 0.1) is 11.8 Å². The predicted molar refractivity (Wildman–Crippen MR) is 214 cm³/mol. The minimum absolute atomic E-state index is 0.0891. The molecule has 14 heteroatoms. The largest absolute Gasteiger partial charge is 0.506 e. The molecular weight excluding hydrogens is 752 g/mol. The van der Waals surface area contributed by atoms with Gasteiger partial charge in [0, 0.05) is 55.8 Å². The quantitative estimate of drug-likeness (QED) is 0.0786. The normalized spacial score (nSPS) is 18.6. The number of aliphatic hydroxyl groups excluding tert-OH is 1. The molecule has 2 fully saturated rings. The van der Waals surface area contributed by atoms with Crippen LogP contribution in [0.2, 0.25) is 5.02 Å². The van der Waals surface area contributed by atoms with E-state index < -0.39 is 23.8 Å². The van der Waals surface area contributed by atoms with E-state index >= 15 is 0 Å². The summed E-state index contributed by atoms with van der Waals surface area (Å²) in [6.07, 6.45) is -0.526. The average molecular weight is 797 g/mol. The molecule has 1 aliphatic carbocycles. The number of methoxy groups -OCH3 is 1. The lowest BCUT2D eigenvalue weighted by molar-refractivity contribution is -0.168. The molecule has 1 saturated heterocycles. The lowest BCUT2D eigenvalue weighted by atomic mass is 9.86. The van der Waals surface area contributed by atoms with Gasteiger partial charge in [-0.1, -0.05) is 78.3 Å². The van der Waals surface area contributed by atoms with Crippen molar-refractivity contribution in [1.82, 2.24) is 15.2 Å². The van der Waals surface area contributed by atoms with Gasteiger partial charge in [-0.05, 0) is 59.6 Å². The summed E-state index contributed by atoms with van der Waals surface area (Å²) in [5.74, 6) is 0.331. The fourth-order valence-corrected chi connectivity index (χ4v) is 8.29. The zero-order valence-corrected chi connectivity index (χ0v) is 32.1. The van der Waals surface area contributed by atoms with Crippen LogP contribution in [0.1, 0.15) is 41.2 Å². The van der Waals surface area contributed by atoms with Crippen LogP contribution in [0.3, 0.4) is 0 Å². The first-order valence-corrected chi connectivity index (χ1v) is 19.2. The lowest BCUT2D eigenvalue weighted by Crippen LogP contribution is -2.40. The number of fused-ring (bicyclic) bond motifs is 2. The second-order valence-corrected chi connectivity index (χ2v) is 15.0. The first-order chi connectivity index (χ1) is 27.5. The van der Waals surface area contributed by atoms with Crippen molar-refractivity contribution in [2.24, 2.45) is 11.8 Å². The number of phenolic OH excluding ortho intramolecular Hbond substituents is 1. The van der Waals surface area contributed by atoms with Crippen LogP contribution in [0.25, 0.3) is 10.9 Å². The minimum Gasteiger partial charge on any atom is -0.506 e. The van der Waals surface area contributed by atoms with Gasteiger partial charge in [0.25, 0.3) is 0 Å². The molecule has 298 valence electrons. The lowest BCUT2D eigenvalue weighted by Gasteiger charge is -2.29. The Morgan fingerprint density at radius 3 is 2.28 bits per heavy atom. The summed E-state index contributed by atoms with van der Waals surface area (Å²) >= 11 is 6.55. The monoisotopic (exact) mass is 796 g/mol. The molecule has 1 aliphatic heterocycles. The first kappa shape index (κ1) is 39.8. The van der Waals surface area contributed by atoms with Crippen molar-refractivity contribution < 1.29 is 39.1 Å². The van der Waals surface area contributed by atoms with Crippen molar-refractivity contribution in [1.29, 1.82) is 0 Å². The number of nitrogens with one attached hydrogen (secondary N) is 3. The zero-order valence-electron chi connectivity index (χ0n) is 31.3. The Morgan fingerprint density at radius 2 is 1.63 bits per heavy atom. The fourth-order valence-electron chi connectivity index (χ4n) is 8.05. The number of halogens is 1. The van der Waals surface area contributed by atoms with Crippen molar-refractivity contribution in [3.05, 3.63) is 135 Å². The van der Waals surface area contributed by atoms with Crippen LogP contribution in [-0.2, 0) is 26.4 Å². The second-order valence-electron chi connectivity index (χ2n) is 14.6. The Bertz CT molecular complexity index is 2220. The average Bonchev–Trinajstić information content (AvgIpc) is 3.77. The van der Waals surface area contributed by atoms with E-state index in [0.29, 0.717) is 70.3 Å². The summed E-state index contributed by atoms with van der Waals surface area (Å²) in [4.78, 5) is 42.9. The van der Waals surface area contributed by atoms with Gasteiger partial charge in [0.05, 0.1) is 29.4 Å². The smallest absolute Gasteiger partial charge is 0.411 e. The van der Waals surface area contributed by atoms with Crippen molar-refractivity contribution in [3.63, 3.8) is 0 Å². The summed E-state index contributed by atoms with van der Waals surface area (Å²) in [6, 6.07) is 26.9. The number of aromatic amines is 1. The van der Waals surface area contributed by atoms with E-state index in [2.05, 4.69) is 20.5 Å². The van der Waals surface area contributed by atoms with E-state index in [1.165, 1.54) is 19.2 Å². The highest BCUT2D eigenvalue weighted by Gasteiger charge is 2.46. The van der Waals surface area contributed by atoms with Crippen LogP contribution in [-0.4, -0.2) is 83.3 Å². The number of benzene rings is 4. The van der Waals surface area contributed by atoms with E-state index in [-0.39, 0.29) is 47.6 Å². The van der Waals surface area contributed by atoms with E-state index in [0.717, 1.165) is 13.1 Å². The number of hydrogen-bond donors (Lipinski definition) is 6. The molecule has 0 spiro atoms. The molecule has 2 heterocycles. The van der Waals surface area contributed by atoms with Gasteiger partial charge in [-0.25, -0.2) is 9.59 Å². The molecule has 1 saturated carbocycles. The molecule has 4 atom stereocenters. The number of ether oxygens (including phenoxy) is 3. The summed E-state index contributed by atoms with van der Waals surface area (Å²) in [5, 5.41) is 39.5. The Labute approximate surface area is 334 Å². The predicted octanol–water partition coefficient (Wildman–Crippen LogP) is 5.46. The van der Waals surface area contributed by atoms with Crippen LogP contribution < -0.4 is 20.9 Å². The van der Waals surface area contributed by atoms with Crippen molar-refractivity contribution >= 4 is 40.3 Å². The Kier molecular flexibility index (Phi) is 12.1. The van der Waals surface area contributed by atoms with Gasteiger partial charge in [-0.3, -0.25) is 15.0 Å². The molecule has 57 heavy (non-hydrogen) atoms. The van der Waals surface area contributed by atoms with Gasteiger partial charge in [-0.2, -0.15) is 0 Å². The maximum absolute atomic E-state index is 13.6. The number of aromatic hydroxyl groups is 1. The third kappa shape index (κ3) is 8.78. The molecule has 13 nitrogen and oxygen atoms in total. The molecule has 0 radical (unpaired) electrons. The highest BCUT2D eigenvalue weighted by molar-refractivity contribution is 6.33. The summed E-state index contributed by atoms with van der Waals surface area (Å²) in [7, 11) is 1.50. The molecule has 0 bridgehead atoms.